The minimum Gasteiger partial charge on any atom is -0.345 e. The second-order valence-electron chi connectivity index (χ2n) is 2.35. The van der Waals surface area contributed by atoms with Gasteiger partial charge in [0.2, 0.25) is 0 Å². The summed E-state index contributed by atoms with van der Waals surface area (Å²) in [6, 6.07) is 1.88. The average Bonchev–Trinajstić information content (AvgIpc) is 2.51. The van der Waals surface area contributed by atoms with Crippen LogP contribution in [0.4, 0.5) is 0 Å². The normalized spacial score (nSPS) is 9.67. The molecule has 0 radical (unpaired) electrons. The Bertz CT molecular complexity index is 449. The van der Waals surface area contributed by atoms with Gasteiger partial charge in [-0.1, -0.05) is 6.58 Å². The van der Waals surface area contributed by atoms with E-state index in [1.165, 1.54) is 0 Å². The van der Waals surface area contributed by atoms with Crippen LogP contribution < -0.4 is 0 Å². The van der Waals surface area contributed by atoms with Crippen molar-refractivity contribution in [2.45, 2.75) is 0 Å². The van der Waals surface area contributed by atoms with Crippen LogP contribution in [0.15, 0.2) is 30.8 Å². The summed E-state index contributed by atoms with van der Waals surface area (Å²) in [6.45, 7) is 3.47. The van der Waals surface area contributed by atoms with Crippen molar-refractivity contribution < 1.29 is 0 Å². The molecular formula is C9H7N3. The Morgan fingerprint density at radius 1 is 1.58 bits per heavy atom. The Balaban J connectivity index is 2.67. The maximum Gasteiger partial charge on any atom is 0.156 e. The van der Waals surface area contributed by atoms with Crippen molar-refractivity contribution in [3.05, 3.63) is 36.5 Å². The third kappa shape index (κ3) is 1.02. The molecule has 2 heterocycles. The van der Waals surface area contributed by atoms with E-state index in [4.69, 9.17) is 0 Å². The fourth-order valence-electron chi connectivity index (χ4n) is 1.02. The molecule has 1 N–H and O–H groups in total. The van der Waals surface area contributed by atoms with Crippen LogP contribution in [0.1, 0.15) is 5.69 Å². The topological polar surface area (TPSA) is 41.6 Å². The number of rotatable bonds is 1. The summed E-state index contributed by atoms with van der Waals surface area (Å²) in [4.78, 5) is 11.4. The molecule has 0 aliphatic carbocycles. The fourth-order valence-corrected chi connectivity index (χ4v) is 1.02. The first-order valence-corrected chi connectivity index (χ1v) is 3.56. The van der Waals surface area contributed by atoms with Crippen LogP contribution in [-0.2, 0) is 0 Å². The number of aromatic amines is 1. The van der Waals surface area contributed by atoms with Gasteiger partial charge in [0.1, 0.15) is 5.52 Å². The Morgan fingerprint density at radius 3 is 3.33 bits per heavy atom. The van der Waals surface area contributed by atoms with Crippen LogP contribution >= 0.6 is 0 Å². The molecule has 12 heavy (non-hydrogen) atoms. The lowest BCUT2D eigenvalue weighted by atomic mass is 10.4. The van der Waals surface area contributed by atoms with Crippen molar-refractivity contribution in [1.82, 2.24) is 15.0 Å². The van der Waals surface area contributed by atoms with Crippen molar-refractivity contribution in [1.29, 1.82) is 0 Å². The standard InChI is InChI=1S/C9H7N3/c1-2-3-7-6-11-9-8(12-7)4-5-10-9/h3-6H,1H2,(H,10,11). The number of hydrogen-bond acceptors (Lipinski definition) is 2. The van der Waals surface area contributed by atoms with Gasteiger partial charge in [-0.05, 0) is 6.07 Å². The molecule has 0 saturated carbocycles. The van der Waals surface area contributed by atoms with Crippen LogP contribution in [0.5, 0.6) is 0 Å². The van der Waals surface area contributed by atoms with E-state index in [1.54, 1.807) is 12.3 Å². The Hall–Kier alpha value is -1.86. The molecule has 58 valence electrons. The van der Waals surface area contributed by atoms with E-state index in [2.05, 4.69) is 27.3 Å². The van der Waals surface area contributed by atoms with Crippen LogP contribution in [0.3, 0.4) is 0 Å². The second-order valence-corrected chi connectivity index (χ2v) is 2.35. The van der Waals surface area contributed by atoms with Crippen LogP contribution in [0.2, 0.25) is 0 Å². The van der Waals surface area contributed by atoms with Gasteiger partial charge in [0.25, 0.3) is 0 Å². The highest BCUT2D eigenvalue weighted by Crippen LogP contribution is 2.06. The summed E-state index contributed by atoms with van der Waals surface area (Å²) in [6.07, 6.45) is 5.18. The largest absolute Gasteiger partial charge is 0.345 e. The van der Waals surface area contributed by atoms with Gasteiger partial charge in [0, 0.05) is 12.3 Å². The molecule has 0 amide bonds. The zero-order valence-corrected chi connectivity index (χ0v) is 6.41. The van der Waals surface area contributed by atoms with E-state index in [-0.39, 0.29) is 0 Å². The first-order chi connectivity index (χ1) is 5.90. The maximum atomic E-state index is 4.27. The van der Waals surface area contributed by atoms with Gasteiger partial charge in [-0.3, -0.25) is 0 Å². The molecule has 3 heteroatoms. The lowest BCUT2D eigenvalue weighted by Crippen LogP contribution is -1.83. The van der Waals surface area contributed by atoms with Crippen LogP contribution in [0.25, 0.3) is 17.2 Å². The highest BCUT2D eigenvalue weighted by molar-refractivity contribution is 5.71. The number of aromatic nitrogens is 3. The van der Waals surface area contributed by atoms with E-state index >= 15 is 0 Å². The van der Waals surface area contributed by atoms with Gasteiger partial charge in [0.05, 0.1) is 11.9 Å². The minimum absolute atomic E-state index is 0.775. The smallest absolute Gasteiger partial charge is 0.156 e. The van der Waals surface area contributed by atoms with Gasteiger partial charge in [-0.2, -0.15) is 0 Å². The summed E-state index contributed by atoms with van der Waals surface area (Å²) in [5, 5.41) is 0. The number of fused-ring (bicyclic) bond motifs is 1. The van der Waals surface area contributed by atoms with E-state index < -0.39 is 0 Å². The molecule has 0 aliphatic heterocycles. The third-order valence-corrected chi connectivity index (χ3v) is 1.53. The molecule has 0 fully saturated rings. The Morgan fingerprint density at radius 2 is 2.50 bits per heavy atom. The van der Waals surface area contributed by atoms with Crippen molar-refractivity contribution >= 4 is 17.2 Å². The molecular weight excluding hydrogens is 150 g/mol. The van der Waals surface area contributed by atoms with E-state index in [0.29, 0.717) is 0 Å². The van der Waals surface area contributed by atoms with Crippen molar-refractivity contribution in [3.8, 4) is 0 Å². The molecule has 0 atom stereocenters. The van der Waals surface area contributed by atoms with Crippen molar-refractivity contribution in [3.63, 3.8) is 0 Å². The Labute approximate surface area is 69.5 Å². The average molecular weight is 157 g/mol. The van der Waals surface area contributed by atoms with E-state index in [9.17, 15) is 0 Å². The Kier molecular flexibility index (Phi) is 1.50. The molecule has 0 unspecified atom stereocenters. The summed E-state index contributed by atoms with van der Waals surface area (Å²) in [5.41, 5.74) is 5.09. The molecule has 3 nitrogen and oxygen atoms in total. The molecule has 2 aromatic rings. The van der Waals surface area contributed by atoms with Gasteiger partial charge < -0.3 is 4.98 Å². The lowest BCUT2D eigenvalue weighted by Gasteiger charge is -1.90. The summed E-state index contributed by atoms with van der Waals surface area (Å²) in [5.74, 6) is 0. The third-order valence-electron chi connectivity index (χ3n) is 1.53. The fraction of sp³-hybridized carbons (Fsp3) is 0. The van der Waals surface area contributed by atoms with E-state index in [1.807, 2.05) is 12.3 Å². The molecule has 0 aromatic carbocycles. The summed E-state index contributed by atoms with van der Waals surface area (Å²) < 4.78 is 0. The van der Waals surface area contributed by atoms with Crippen molar-refractivity contribution in [2.75, 3.05) is 0 Å². The van der Waals surface area contributed by atoms with E-state index in [0.717, 1.165) is 16.9 Å². The van der Waals surface area contributed by atoms with Gasteiger partial charge in [0.15, 0.2) is 5.65 Å². The highest BCUT2D eigenvalue weighted by Gasteiger charge is 1.96. The lowest BCUT2D eigenvalue weighted by molar-refractivity contribution is 1.24. The molecule has 2 aromatic heterocycles. The number of H-pyrrole nitrogens is 1. The van der Waals surface area contributed by atoms with Crippen molar-refractivity contribution in [2.24, 2.45) is 0 Å². The molecule has 0 saturated heterocycles. The monoisotopic (exact) mass is 157 g/mol. The second kappa shape index (κ2) is 2.64. The summed E-state index contributed by atoms with van der Waals surface area (Å²) in [7, 11) is 0. The van der Waals surface area contributed by atoms with Gasteiger partial charge in [-0.15, -0.1) is 5.73 Å². The maximum absolute atomic E-state index is 4.27. The number of hydrogen-bond donors (Lipinski definition) is 1. The first-order valence-electron chi connectivity index (χ1n) is 3.56. The van der Waals surface area contributed by atoms with Crippen LogP contribution in [-0.4, -0.2) is 15.0 Å². The first kappa shape index (κ1) is 6.83. The number of nitrogens with zero attached hydrogens (tertiary/aromatic N) is 2. The summed E-state index contributed by atoms with van der Waals surface area (Å²) >= 11 is 0. The molecule has 0 aliphatic rings. The van der Waals surface area contributed by atoms with Gasteiger partial charge in [-0.25, -0.2) is 9.97 Å². The predicted molar refractivity (Wildman–Crippen MR) is 47.5 cm³/mol. The SMILES string of the molecule is C=C=Cc1cnc2[nH]ccc2n1. The number of nitrogens with one attached hydrogen (secondary N) is 1. The predicted octanol–water partition coefficient (Wildman–Crippen LogP) is 1.76. The molecule has 2 rings (SSSR count). The van der Waals surface area contributed by atoms with Gasteiger partial charge >= 0.3 is 0 Å². The minimum atomic E-state index is 0.775. The van der Waals surface area contributed by atoms with Crippen LogP contribution in [0, 0.1) is 0 Å². The molecule has 0 spiro atoms. The zero-order chi connectivity index (χ0) is 8.39. The molecule has 0 bridgehead atoms. The zero-order valence-electron chi connectivity index (χ0n) is 6.41. The highest BCUT2D eigenvalue weighted by atomic mass is 14.9. The quantitative estimate of drug-likeness (QED) is 0.641.